The second-order valence-corrected chi connectivity index (χ2v) is 7.34. The number of amides is 2. The number of benzene rings is 1. The molecule has 1 saturated heterocycles. The molecule has 3 rings (SSSR count). The topological polar surface area (TPSA) is 79.6 Å². The lowest BCUT2D eigenvalue weighted by Gasteiger charge is -2.10. The minimum atomic E-state index is -1.22. The first kappa shape index (κ1) is 19.0. The molecule has 0 saturated carbocycles. The standard InChI is InChI=1S/C20H20N2O4S/c1-4-14-5-7-16(8-6-14)22-12(2)9-15(13(22)3)10-17-19(25)21(11-18(23)24)20(26)27-17/h5-10H,4,11H2,1-3H3,(H,23,24)/b17-10+. The molecule has 1 aliphatic rings. The first-order valence-corrected chi connectivity index (χ1v) is 9.39. The first-order chi connectivity index (χ1) is 12.8. The van der Waals surface area contributed by atoms with E-state index in [1.807, 2.05) is 19.9 Å². The van der Waals surface area contributed by atoms with Crippen molar-refractivity contribution in [3.8, 4) is 5.69 Å². The van der Waals surface area contributed by atoms with Crippen LogP contribution in [-0.4, -0.2) is 38.2 Å². The number of aryl methyl sites for hydroxylation is 2. The van der Waals surface area contributed by atoms with E-state index in [0.29, 0.717) is 0 Å². The number of carbonyl (C=O) groups excluding carboxylic acids is 2. The second-order valence-electron chi connectivity index (χ2n) is 6.34. The first-order valence-electron chi connectivity index (χ1n) is 8.57. The molecule has 0 aliphatic carbocycles. The molecular weight excluding hydrogens is 364 g/mol. The van der Waals surface area contributed by atoms with E-state index in [1.165, 1.54) is 5.56 Å². The quantitative estimate of drug-likeness (QED) is 0.794. The highest BCUT2D eigenvalue weighted by molar-refractivity contribution is 8.18. The van der Waals surface area contributed by atoms with Gasteiger partial charge in [0, 0.05) is 17.1 Å². The van der Waals surface area contributed by atoms with Crippen LogP contribution in [0.2, 0.25) is 0 Å². The summed E-state index contributed by atoms with van der Waals surface area (Å²) in [5, 5.41) is 8.30. The molecule has 2 heterocycles. The predicted molar refractivity (Wildman–Crippen MR) is 105 cm³/mol. The van der Waals surface area contributed by atoms with Crippen LogP contribution >= 0.6 is 11.8 Å². The lowest BCUT2D eigenvalue weighted by atomic mass is 10.1. The van der Waals surface area contributed by atoms with Crippen LogP contribution in [0.4, 0.5) is 4.79 Å². The predicted octanol–water partition coefficient (Wildman–Crippen LogP) is 3.78. The molecule has 0 spiro atoms. The van der Waals surface area contributed by atoms with Gasteiger partial charge in [-0.3, -0.25) is 19.3 Å². The fourth-order valence-electron chi connectivity index (χ4n) is 3.12. The molecule has 1 aromatic heterocycles. The Morgan fingerprint density at radius 3 is 2.44 bits per heavy atom. The summed E-state index contributed by atoms with van der Waals surface area (Å²) in [6.07, 6.45) is 2.63. The number of carbonyl (C=O) groups is 3. The third-order valence-corrected chi connectivity index (χ3v) is 5.43. The van der Waals surface area contributed by atoms with Gasteiger partial charge in [0.2, 0.25) is 0 Å². The largest absolute Gasteiger partial charge is 0.480 e. The summed E-state index contributed by atoms with van der Waals surface area (Å²) in [6, 6.07) is 10.2. The fraction of sp³-hybridized carbons (Fsp3) is 0.250. The molecule has 27 heavy (non-hydrogen) atoms. The highest BCUT2D eigenvalue weighted by atomic mass is 32.2. The molecule has 0 atom stereocenters. The number of thioether (sulfide) groups is 1. The Bertz CT molecular complexity index is 957. The Kier molecular flexibility index (Phi) is 5.23. The molecule has 2 aromatic rings. The monoisotopic (exact) mass is 384 g/mol. The number of nitrogens with zero attached hydrogens (tertiary/aromatic N) is 2. The van der Waals surface area contributed by atoms with Crippen LogP contribution < -0.4 is 0 Å². The minimum absolute atomic E-state index is 0.239. The van der Waals surface area contributed by atoms with E-state index < -0.39 is 23.7 Å². The zero-order valence-corrected chi connectivity index (χ0v) is 16.2. The summed E-state index contributed by atoms with van der Waals surface area (Å²) in [4.78, 5) is 36.1. The number of rotatable bonds is 5. The number of aromatic nitrogens is 1. The molecule has 0 unspecified atom stereocenters. The third-order valence-electron chi connectivity index (χ3n) is 4.53. The molecule has 1 fully saturated rings. The number of aliphatic carboxylic acids is 1. The van der Waals surface area contributed by atoms with Crippen LogP contribution in [0.5, 0.6) is 0 Å². The summed E-state index contributed by atoms with van der Waals surface area (Å²) >= 11 is 0.769. The fourth-order valence-corrected chi connectivity index (χ4v) is 3.95. The summed E-state index contributed by atoms with van der Waals surface area (Å²) in [7, 11) is 0. The molecular formula is C20H20N2O4S. The van der Waals surface area contributed by atoms with Gasteiger partial charge in [-0.05, 0) is 67.4 Å². The van der Waals surface area contributed by atoms with Crippen molar-refractivity contribution in [2.75, 3.05) is 6.54 Å². The Morgan fingerprint density at radius 1 is 1.19 bits per heavy atom. The zero-order valence-electron chi connectivity index (χ0n) is 15.4. The van der Waals surface area contributed by atoms with E-state index in [-0.39, 0.29) is 4.91 Å². The van der Waals surface area contributed by atoms with E-state index in [9.17, 15) is 14.4 Å². The van der Waals surface area contributed by atoms with Crippen molar-refractivity contribution in [2.24, 2.45) is 0 Å². The molecule has 2 amide bonds. The normalized spacial score (nSPS) is 15.8. The van der Waals surface area contributed by atoms with E-state index >= 15 is 0 Å². The molecule has 1 aromatic carbocycles. The Balaban J connectivity index is 1.95. The van der Waals surface area contributed by atoms with Crippen molar-refractivity contribution in [3.63, 3.8) is 0 Å². The maximum absolute atomic E-state index is 12.3. The Labute approximate surface area is 161 Å². The molecule has 0 bridgehead atoms. The molecule has 6 nitrogen and oxygen atoms in total. The average molecular weight is 384 g/mol. The van der Waals surface area contributed by atoms with E-state index in [1.54, 1.807) is 6.08 Å². The van der Waals surface area contributed by atoms with Gasteiger partial charge in [-0.25, -0.2) is 0 Å². The van der Waals surface area contributed by atoms with Crippen LogP contribution in [0, 0.1) is 13.8 Å². The number of carboxylic acids is 1. The van der Waals surface area contributed by atoms with E-state index in [2.05, 4.69) is 35.8 Å². The molecule has 7 heteroatoms. The van der Waals surface area contributed by atoms with Crippen molar-refractivity contribution in [1.82, 2.24) is 9.47 Å². The van der Waals surface area contributed by atoms with Gasteiger partial charge < -0.3 is 9.67 Å². The van der Waals surface area contributed by atoms with Gasteiger partial charge in [0.25, 0.3) is 11.1 Å². The second kappa shape index (κ2) is 7.44. The summed E-state index contributed by atoms with van der Waals surface area (Å²) < 4.78 is 2.09. The van der Waals surface area contributed by atoms with Crippen molar-refractivity contribution < 1.29 is 19.5 Å². The number of hydrogen-bond acceptors (Lipinski definition) is 4. The van der Waals surface area contributed by atoms with Gasteiger partial charge in [0.1, 0.15) is 6.54 Å². The molecule has 1 N–H and O–H groups in total. The molecule has 140 valence electrons. The van der Waals surface area contributed by atoms with Crippen molar-refractivity contribution in [1.29, 1.82) is 0 Å². The maximum atomic E-state index is 12.3. The summed E-state index contributed by atoms with van der Waals surface area (Å²) in [5.74, 6) is -1.78. The van der Waals surface area contributed by atoms with Crippen LogP contribution in [0.25, 0.3) is 11.8 Å². The smallest absolute Gasteiger partial charge is 0.323 e. The van der Waals surface area contributed by atoms with Gasteiger partial charge in [0.15, 0.2) is 0 Å². The van der Waals surface area contributed by atoms with Crippen molar-refractivity contribution in [3.05, 3.63) is 57.8 Å². The van der Waals surface area contributed by atoms with E-state index in [4.69, 9.17) is 5.11 Å². The molecule has 1 aliphatic heterocycles. The van der Waals surface area contributed by atoms with E-state index in [0.717, 1.165) is 45.7 Å². The Hall–Kier alpha value is -2.80. The van der Waals surface area contributed by atoms with Crippen LogP contribution in [0.1, 0.15) is 29.4 Å². The SMILES string of the molecule is CCc1ccc(-n2c(C)cc(/C=C3/SC(=O)N(CC(=O)O)C3=O)c2C)cc1. The number of imide groups is 1. The highest BCUT2D eigenvalue weighted by Crippen LogP contribution is 2.33. The number of hydrogen-bond donors (Lipinski definition) is 1. The zero-order chi connectivity index (χ0) is 19.7. The number of carboxylic acid groups (broad SMARTS) is 1. The summed E-state index contributed by atoms with van der Waals surface area (Å²) in [5.41, 5.74) is 5.07. The van der Waals surface area contributed by atoms with Crippen LogP contribution in [0.15, 0.2) is 35.2 Å². The van der Waals surface area contributed by atoms with Crippen molar-refractivity contribution >= 4 is 35.0 Å². The van der Waals surface area contributed by atoms with Crippen LogP contribution in [-0.2, 0) is 16.0 Å². The van der Waals surface area contributed by atoms with Gasteiger partial charge in [-0.2, -0.15) is 0 Å². The maximum Gasteiger partial charge on any atom is 0.323 e. The van der Waals surface area contributed by atoms with Crippen molar-refractivity contribution in [2.45, 2.75) is 27.2 Å². The average Bonchev–Trinajstić information content (AvgIpc) is 3.05. The lowest BCUT2D eigenvalue weighted by Crippen LogP contribution is -2.33. The van der Waals surface area contributed by atoms with Gasteiger partial charge >= 0.3 is 5.97 Å². The van der Waals surface area contributed by atoms with Gasteiger partial charge in [-0.15, -0.1) is 0 Å². The van der Waals surface area contributed by atoms with Gasteiger partial charge in [0.05, 0.1) is 4.91 Å². The third kappa shape index (κ3) is 3.68. The van der Waals surface area contributed by atoms with Gasteiger partial charge in [-0.1, -0.05) is 19.1 Å². The Morgan fingerprint density at radius 2 is 1.85 bits per heavy atom. The summed E-state index contributed by atoms with van der Waals surface area (Å²) in [6.45, 7) is 5.42. The van der Waals surface area contributed by atoms with Crippen LogP contribution in [0.3, 0.4) is 0 Å². The highest BCUT2D eigenvalue weighted by Gasteiger charge is 2.36. The lowest BCUT2D eigenvalue weighted by molar-refractivity contribution is -0.140. The molecule has 0 radical (unpaired) electrons. The minimum Gasteiger partial charge on any atom is -0.480 e.